The van der Waals surface area contributed by atoms with Crippen LogP contribution in [0.5, 0.6) is 0 Å². The van der Waals surface area contributed by atoms with Gasteiger partial charge in [-0.1, -0.05) is 51.4 Å². The average Bonchev–Trinajstić information content (AvgIpc) is 4.06. The summed E-state index contributed by atoms with van der Waals surface area (Å²) in [5.74, 6) is -2.57. The van der Waals surface area contributed by atoms with E-state index >= 15 is 0 Å². The molecule has 0 spiro atoms. The largest absolute Gasteiger partial charge is 0.458 e. The van der Waals surface area contributed by atoms with Crippen LogP contribution < -0.4 is 0 Å². The number of aliphatic hydroxyl groups excluding tert-OH is 10. The normalized spacial score (nSPS) is 21.6. The molecule has 55 heavy (non-hydrogen) atoms. The topological polar surface area (TPSA) is 333 Å². The third-order valence-electron chi connectivity index (χ3n) is 6.77. The molecule has 2 fully saturated rings. The van der Waals surface area contributed by atoms with Gasteiger partial charge in [0.05, 0.1) is 26.4 Å². The molecule has 0 aliphatic carbocycles. The first-order valence-corrected chi connectivity index (χ1v) is 18.4. The maximum absolute atomic E-state index is 11.4. The highest BCUT2D eigenvalue weighted by molar-refractivity contribution is 9.09. The Morgan fingerprint density at radius 1 is 0.618 bits per heavy atom. The van der Waals surface area contributed by atoms with Crippen molar-refractivity contribution < 1.29 is 98.7 Å². The van der Waals surface area contributed by atoms with Gasteiger partial charge in [-0.15, -0.1) is 13.2 Å². The highest BCUT2D eigenvalue weighted by Crippen LogP contribution is 2.24. The van der Waals surface area contributed by atoms with Gasteiger partial charge in [-0.2, -0.15) is 0 Å². The predicted molar refractivity (Wildman–Crippen MR) is 199 cm³/mol. The summed E-state index contributed by atoms with van der Waals surface area (Å²) in [5.41, 5.74) is 0. The number of esters is 4. The van der Waals surface area contributed by atoms with Crippen LogP contribution in [0.25, 0.3) is 0 Å². The molecule has 2 aliphatic rings. The van der Waals surface area contributed by atoms with Crippen molar-refractivity contribution in [1.82, 2.24) is 0 Å². The monoisotopic (exact) mass is 932 g/mol. The van der Waals surface area contributed by atoms with Gasteiger partial charge in [0, 0.05) is 38.4 Å². The van der Waals surface area contributed by atoms with E-state index in [2.05, 4.69) is 45.0 Å². The summed E-state index contributed by atoms with van der Waals surface area (Å²) in [6, 6.07) is 0. The fourth-order valence-electron chi connectivity index (χ4n) is 3.79. The van der Waals surface area contributed by atoms with Gasteiger partial charge >= 0.3 is 23.9 Å². The van der Waals surface area contributed by atoms with Crippen LogP contribution in [-0.4, -0.2) is 197 Å². The quantitative estimate of drug-likeness (QED) is 0.0193. The maximum Gasteiger partial charge on any atom is 0.303 e. The lowest BCUT2D eigenvalue weighted by Crippen LogP contribution is -2.52. The van der Waals surface area contributed by atoms with E-state index in [-0.39, 0.29) is 30.3 Å². The molecule has 14 atom stereocenters. The van der Waals surface area contributed by atoms with E-state index in [9.17, 15) is 29.4 Å². The number of rotatable bonds is 20. The van der Waals surface area contributed by atoms with Crippen molar-refractivity contribution in [2.75, 3.05) is 37.1 Å². The highest BCUT2D eigenvalue weighted by atomic mass is 79.9. The SMILES string of the molecule is C.C=C[C@H](O)[C@@H](O)C=C.CC(=O)O[C@H]([C@@H](OC(C)=O)[C@@H](CBr)OC(C)=O)[C@@H](CBr)OC(C)=O.OC[C@@H](O)[C@H](O)[C@@H](O)[C@H](O)CO.O[C@H]([C@@H](O)[C@H]1CO1)[C@H]1CO1. The molecule has 324 valence electrons. The zero-order valence-corrected chi connectivity index (χ0v) is 33.4. The molecule has 20 nitrogen and oxygen atoms in total. The van der Waals surface area contributed by atoms with Crippen molar-refractivity contribution in [2.24, 2.45) is 0 Å². The third-order valence-corrected chi connectivity index (χ3v) is 8.05. The van der Waals surface area contributed by atoms with E-state index < -0.39 is 110 Å². The average molecular weight is 935 g/mol. The molecule has 0 aromatic heterocycles. The van der Waals surface area contributed by atoms with Crippen LogP contribution >= 0.6 is 31.9 Å². The standard InChI is InChI=1S/C14H20Br2O8.C6H14O6.C6H10O4.C6H10O2.CH4/c1-7(17)21-11(5-15)13(23-9(3)19)14(24-10(4)20)12(6-16)22-8(2)18;7-1-3(9)5(11)6(12)4(10)2-8;7-5(3-1-9-3)6(8)4-2-10-4;1-3-5(7)6(8)4-2;/h11-14H,5-6H2,1-4H3;3-12H,1-2H2;3-8H,1-2H2;3-8H,1-2H2;1H4/t11-,12-,13+,14+;2*3-,4-,5+,6+;5-,6-;/m1110./s1. The third kappa shape index (κ3) is 25.0. The molecule has 0 amide bonds. The Morgan fingerprint density at radius 2 is 0.873 bits per heavy atom. The van der Waals surface area contributed by atoms with Gasteiger partial charge in [0.2, 0.25) is 0 Å². The summed E-state index contributed by atoms with van der Waals surface area (Å²) in [6.45, 7) is 10.9. The first kappa shape index (κ1) is 57.2. The lowest BCUT2D eigenvalue weighted by molar-refractivity contribution is -0.194. The van der Waals surface area contributed by atoms with Crippen LogP contribution in [-0.2, 0) is 47.6 Å². The van der Waals surface area contributed by atoms with E-state index in [4.69, 9.17) is 69.3 Å². The first-order chi connectivity index (χ1) is 25.2. The van der Waals surface area contributed by atoms with Crippen LogP contribution in [0.3, 0.4) is 0 Å². The van der Waals surface area contributed by atoms with Crippen molar-refractivity contribution in [3.8, 4) is 0 Å². The molecule has 10 N–H and O–H groups in total. The molecule has 2 saturated heterocycles. The van der Waals surface area contributed by atoms with Crippen LogP contribution in [0, 0.1) is 0 Å². The number of alkyl halides is 2. The number of hydrogen-bond acceptors (Lipinski definition) is 20. The number of aliphatic hydroxyl groups is 10. The smallest absolute Gasteiger partial charge is 0.303 e. The summed E-state index contributed by atoms with van der Waals surface area (Å²) in [7, 11) is 0. The van der Waals surface area contributed by atoms with Crippen molar-refractivity contribution in [1.29, 1.82) is 0 Å². The molecule has 0 bridgehead atoms. The van der Waals surface area contributed by atoms with Gasteiger partial charge in [-0.05, 0) is 0 Å². The highest BCUT2D eigenvalue weighted by Gasteiger charge is 2.44. The van der Waals surface area contributed by atoms with Gasteiger partial charge < -0.3 is 79.5 Å². The van der Waals surface area contributed by atoms with Gasteiger partial charge in [0.1, 0.15) is 61.0 Å². The summed E-state index contributed by atoms with van der Waals surface area (Å²) in [4.78, 5) is 45.5. The molecule has 0 saturated carbocycles. The molecule has 0 radical (unpaired) electrons. The van der Waals surface area contributed by atoms with Crippen LogP contribution in [0.15, 0.2) is 25.3 Å². The van der Waals surface area contributed by atoms with E-state index in [1.165, 1.54) is 26.0 Å². The van der Waals surface area contributed by atoms with Gasteiger partial charge in [-0.25, -0.2) is 0 Å². The van der Waals surface area contributed by atoms with Gasteiger partial charge in [0.15, 0.2) is 24.4 Å². The number of ether oxygens (including phenoxy) is 6. The van der Waals surface area contributed by atoms with Crippen molar-refractivity contribution in [3.05, 3.63) is 25.3 Å². The minimum Gasteiger partial charge on any atom is -0.458 e. The molecule has 0 unspecified atom stereocenters. The predicted octanol–water partition coefficient (Wildman–Crippen LogP) is -2.86. The molecular weight excluding hydrogens is 876 g/mol. The molecule has 22 heteroatoms. The zero-order valence-electron chi connectivity index (χ0n) is 30.2. The second kappa shape index (κ2) is 30.9. The Bertz CT molecular complexity index is 1020. The molecule has 2 aliphatic heterocycles. The van der Waals surface area contributed by atoms with E-state index in [1.54, 1.807) is 0 Å². The van der Waals surface area contributed by atoms with Crippen LogP contribution in [0.2, 0.25) is 0 Å². The van der Waals surface area contributed by atoms with E-state index in [0.29, 0.717) is 13.2 Å². The molecule has 2 rings (SSSR count). The van der Waals surface area contributed by atoms with Crippen molar-refractivity contribution in [2.45, 2.75) is 121 Å². The Hall–Kier alpha value is -2.16. The second-order valence-corrected chi connectivity index (χ2v) is 12.7. The first-order valence-electron chi connectivity index (χ1n) is 16.1. The maximum atomic E-state index is 11.4. The zero-order chi connectivity index (χ0) is 42.3. The Morgan fingerprint density at radius 3 is 1.04 bits per heavy atom. The molecule has 0 aromatic carbocycles. The van der Waals surface area contributed by atoms with E-state index in [0.717, 1.165) is 13.8 Å². The summed E-state index contributed by atoms with van der Waals surface area (Å²) < 4.78 is 30.2. The van der Waals surface area contributed by atoms with Crippen LogP contribution in [0.4, 0.5) is 0 Å². The minimum atomic E-state index is -1.67. The second-order valence-electron chi connectivity index (χ2n) is 11.4. The number of carbonyl (C=O) groups is 4. The van der Waals surface area contributed by atoms with Crippen LogP contribution in [0.1, 0.15) is 35.1 Å². The lowest BCUT2D eigenvalue weighted by atomic mass is 10.0. The fourth-order valence-corrected chi connectivity index (χ4v) is 4.79. The van der Waals surface area contributed by atoms with Crippen molar-refractivity contribution >= 4 is 55.7 Å². The fraction of sp³-hybridized carbons (Fsp3) is 0.758. The molecule has 0 aromatic rings. The summed E-state index contributed by atoms with van der Waals surface area (Å²) in [6.07, 6.45) is -11.7. The van der Waals surface area contributed by atoms with Gasteiger partial charge in [0.25, 0.3) is 0 Å². The minimum absolute atomic E-state index is 0. The summed E-state index contributed by atoms with van der Waals surface area (Å²) in [5, 5.41) is 88.2. The number of epoxide rings is 2. The number of halogens is 2. The Balaban J connectivity index is -0.000000723. The van der Waals surface area contributed by atoms with Gasteiger partial charge in [-0.3, -0.25) is 19.2 Å². The summed E-state index contributed by atoms with van der Waals surface area (Å²) >= 11 is 6.33. The lowest BCUT2D eigenvalue weighted by Gasteiger charge is -2.34. The molecular formula is C33H58Br2O20. The number of carbonyl (C=O) groups excluding carboxylic acids is 4. The Kier molecular flexibility index (Phi) is 32.1. The number of hydrogen-bond donors (Lipinski definition) is 10. The molecule has 2 heterocycles. The Labute approximate surface area is 336 Å². The van der Waals surface area contributed by atoms with E-state index in [1.807, 2.05) is 0 Å². The van der Waals surface area contributed by atoms with Crippen molar-refractivity contribution in [3.63, 3.8) is 0 Å².